The normalized spacial score (nSPS) is 11.4. The van der Waals surface area contributed by atoms with Gasteiger partial charge in [0, 0.05) is 6.42 Å². The Labute approximate surface area is 299 Å². The van der Waals surface area contributed by atoms with Gasteiger partial charge >= 0.3 is 23.9 Å². The van der Waals surface area contributed by atoms with E-state index in [4.69, 9.17) is 78.8 Å². The van der Waals surface area contributed by atoms with Gasteiger partial charge in [-0.2, -0.15) is 0 Å². The molecule has 0 aromatic carbocycles. The monoisotopic (exact) mass is 745 g/mol. The Morgan fingerprint density at radius 1 is 0.373 bits per heavy atom. The topological polar surface area (TPSA) is 266 Å². The Hall–Kier alpha value is -2.60. The molecule has 6 N–H and O–H groups in total. The highest BCUT2D eigenvalue weighted by Crippen LogP contribution is 2.21. The molecule has 20 heteroatoms. The second-order valence-corrected chi connectivity index (χ2v) is 10.3. The van der Waals surface area contributed by atoms with Crippen molar-refractivity contribution in [3.8, 4) is 0 Å². The molecule has 0 saturated heterocycles. The Kier molecular flexibility index (Phi) is 34.0. The van der Waals surface area contributed by atoms with Gasteiger partial charge in [0.1, 0.15) is 19.8 Å². The molecule has 20 nitrogen and oxygen atoms in total. The van der Waals surface area contributed by atoms with E-state index < -0.39 is 23.3 Å². The third-order valence-electron chi connectivity index (χ3n) is 6.06. The third kappa shape index (κ3) is 31.8. The fourth-order valence-corrected chi connectivity index (χ4v) is 3.49. The van der Waals surface area contributed by atoms with Gasteiger partial charge in [0.2, 0.25) is 0 Å². The van der Waals surface area contributed by atoms with Crippen LogP contribution in [0.3, 0.4) is 0 Å². The van der Waals surface area contributed by atoms with Crippen molar-refractivity contribution in [1.82, 2.24) is 0 Å². The molecule has 0 heterocycles. The standard InChI is InChI=1S/C31H59N3O17/c1-2-27(35)48-16-13-40-4-9-44-23-31(24-45-10-5-41-14-17-49-28(36)19-32,25-46-11-6-42-15-18-50-29(37)20-33)22-43-8-3-39-7-12-47-26-51-30(38)21-34/h2-26,32-34H2,1H3. The van der Waals surface area contributed by atoms with Gasteiger partial charge in [0.05, 0.1) is 137 Å². The predicted octanol–water partition coefficient (Wildman–Crippen LogP) is -2.46. The third-order valence-corrected chi connectivity index (χ3v) is 6.06. The molecular formula is C31H59N3O17. The first-order chi connectivity index (χ1) is 24.8. The van der Waals surface area contributed by atoms with Gasteiger partial charge in [-0.3, -0.25) is 19.2 Å². The molecule has 0 unspecified atom stereocenters. The van der Waals surface area contributed by atoms with Crippen LogP contribution in [0.1, 0.15) is 13.3 Å². The van der Waals surface area contributed by atoms with E-state index in [9.17, 15) is 19.2 Å². The van der Waals surface area contributed by atoms with Crippen LogP contribution < -0.4 is 17.2 Å². The molecular weight excluding hydrogens is 686 g/mol. The van der Waals surface area contributed by atoms with Crippen molar-refractivity contribution in [2.75, 3.05) is 159 Å². The van der Waals surface area contributed by atoms with E-state index >= 15 is 0 Å². The molecule has 0 rings (SSSR count). The molecule has 0 spiro atoms. The summed E-state index contributed by atoms with van der Waals surface area (Å²) in [4.78, 5) is 44.6. The summed E-state index contributed by atoms with van der Waals surface area (Å²) in [6.07, 6.45) is 0.291. The number of hydrogen-bond acceptors (Lipinski definition) is 20. The van der Waals surface area contributed by atoms with Crippen LogP contribution in [0, 0.1) is 5.41 Å². The Morgan fingerprint density at radius 3 is 0.980 bits per heavy atom. The van der Waals surface area contributed by atoms with Crippen molar-refractivity contribution in [2.45, 2.75) is 13.3 Å². The second kappa shape index (κ2) is 35.8. The highest BCUT2D eigenvalue weighted by Gasteiger charge is 2.32. The van der Waals surface area contributed by atoms with E-state index in [-0.39, 0.29) is 165 Å². The van der Waals surface area contributed by atoms with Crippen LogP contribution in [0.5, 0.6) is 0 Å². The second-order valence-electron chi connectivity index (χ2n) is 10.3. The lowest BCUT2D eigenvalue weighted by Gasteiger charge is -2.33. The quantitative estimate of drug-likeness (QED) is 0.0256. The zero-order valence-corrected chi connectivity index (χ0v) is 29.8. The minimum Gasteiger partial charge on any atom is -0.463 e. The highest BCUT2D eigenvalue weighted by atomic mass is 16.7. The summed E-state index contributed by atoms with van der Waals surface area (Å²) in [5.74, 6) is -1.91. The number of carbonyl (C=O) groups excluding carboxylic acids is 4. The average molecular weight is 746 g/mol. The molecule has 0 aromatic rings. The van der Waals surface area contributed by atoms with Gasteiger partial charge in [-0.05, 0) is 0 Å². The molecule has 0 amide bonds. The largest absolute Gasteiger partial charge is 0.463 e. The van der Waals surface area contributed by atoms with E-state index in [2.05, 4.69) is 0 Å². The summed E-state index contributed by atoms with van der Waals surface area (Å²) in [7, 11) is 0. The first-order valence-corrected chi connectivity index (χ1v) is 16.7. The predicted molar refractivity (Wildman–Crippen MR) is 176 cm³/mol. The summed E-state index contributed by atoms with van der Waals surface area (Å²) in [6, 6.07) is 0. The van der Waals surface area contributed by atoms with Crippen molar-refractivity contribution >= 4 is 23.9 Å². The van der Waals surface area contributed by atoms with E-state index in [1.807, 2.05) is 0 Å². The number of rotatable bonds is 38. The molecule has 0 atom stereocenters. The smallest absolute Gasteiger partial charge is 0.321 e. The zero-order valence-electron chi connectivity index (χ0n) is 29.8. The highest BCUT2D eigenvalue weighted by molar-refractivity contribution is 5.71. The Morgan fingerprint density at radius 2 is 0.647 bits per heavy atom. The molecule has 51 heavy (non-hydrogen) atoms. The van der Waals surface area contributed by atoms with E-state index in [1.54, 1.807) is 6.92 Å². The van der Waals surface area contributed by atoms with Crippen LogP contribution in [0.15, 0.2) is 0 Å². The first-order valence-electron chi connectivity index (χ1n) is 16.7. The summed E-state index contributed by atoms with van der Waals surface area (Å²) < 4.78 is 70.3. The van der Waals surface area contributed by atoms with Crippen molar-refractivity contribution in [1.29, 1.82) is 0 Å². The number of ether oxygens (including phenoxy) is 13. The molecule has 0 radical (unpaired) electrons. The maximum atomic E-state index is 11.3. The maximum absolute atomic E-state index is 11.3. The van der Waals surface area contributed by atoms with Crippen molar-refractivity contribution in [3.63, 3.8) is 0 Å². The maximum Gasteiger partial charge on any atom is 0.321 e. The molecule has 0 bridgehead atoms. The van der Waals surface area contributed by atoms with Crippen LogP contribution in [0.4, 0.5) is 0 Å². The van der Waals surface area contributed by atoms with Crippen molar-refractivity contribution in [2.24, 2.45) is 22.6 Å². The Balaban J connectivity index is 5.01. The fraction of sp³-hybridized carbons (Fsp3) is 0.871. The first kappa shape index (κ1) is 48.4. The number of carbonyl (C=O) groups is 4. The van der Waals surface area contributed by atoms with Gasteiger partial charge in [0.25, 0.3) is 0 Å². The molecule has 0 aliphatic carbocycles. The minimum absolute atomic E-state index is 0.0755. The van der Waals surface area contributed by atoms with E-state index in [0.29, 0.717) is 6.42 Å². The van der Waals surface area contributed by atoms with Crippen LogP contribution in [0.2, 0.25) is 0 Å². The average Bonchev–Trinajstić information content (AvgIpc) is 3.14. The van der Waals surface area contributed by atoms with Crippen molar-refractivity contribution in [3.05, 3.63) is 0 Å². The summed E-state index contributed by atoms with van der Waals surface area (Å²) in [5, 5.41) is 0. The van der Waals surface area contributed by atoms with Crippen LogP contribution in [-0.4, -0.2) is 182 Å². The lowest BCUT2D eigenvalue weighted by atomic mass is 9.92. The fourth-order valence-electron chi connectivity index (χ4n) is 3.49. The summed E-state index contributed by atoms with van der Waals surface area (Å²) in [5.41, 5.74) is 14.8. The van der Waals surface area contributed by atoms with Crippen molar-refractivity contribution < 1.29 is 80.8 Å². The van der Waals surface area contributed by atoms with Gasteiger partial charge in [0.15, 0.2) is 6.79 Å². The number of hydrogen-bond donors (Lipinski definition) is 3. The summed E-state index contributed by atoms with van der Waals surface area (Å²) in [6.45, 7) is 4.78. The van der Waals surface area contributed by atoms with Crippen LogP contribution >= 0.6 is 0 Å². The molecule has 0 aliphatic heterocycles. The lowest BCUT2D eigenvalue weighted by Crippen LogP contribution is -2.43. The number of nitrogens with two attached hydrogens (primary N) is 3. The zero-order chi connectivity index (χ0) is 37.7. The van der Waals surface area contributed by atoms with Crippen LogP contribution in [-0.2, 0) is 80.8 Å². The molecule has 0 saturated carbocycles. The number of esters is 4. The van der Waals surface area contributed by atoms with Gasteiger partial charge in [-0.1, -0.05) is 6.92 Å². The SMILES string of the molecule is CCC(=O)OCCOCCOCC(COCCOCCOCOC(=O)CN)(COCCOCCOC(=O)CN)COCCOCCOC(=O)CN. The van der Waals surface area contributed by atoms with Gasteiger partial charge in [-0.15, -0.1) is 0 Å². The lowest BCUT2D eigenvalue weighted by molar-refractivity contribution is -0.155. The van der Waals surface area contributed by atoms with Gasteiger partial charge < -0.3 is 78.8 Å². The van der Waals surface area contributed by atoms with E-state index in [1.165, 1.54) is 0 Å². The summed E-state index contributed by atoms with van der Waals surface area (Å²) >= 11 is 0. The van der Waals surface area contributed by atoms with Gasteiger partial charge in [-0.25, -0.2) is 0 Å². The minimum atomic E-state index is -0.778. The molecule has 0 fully saturated rings. The molecule has 0 aromatic heterocycles. The van der Waals surface area contributed by atoms with Crippen LogP contribution in [0.25, 0.3) is 0 Å². The Bertz CT molecular complexity index is 793. The van der Waals surface area contributed by atoms with E-state index in [0.717, 1.165) is 0 Å². The molecule has 300 valence electrons. The molecule has 0 aliphatic rings.